The van der Waals surface area contributed by atoms with Gasteiger partial charge in [0.15, 0.2) is 12.1 Å². The van der Waals surface area contributed by atoms with E-state index in [1.807, 2.05) is 48.5 Å². The van der Waals surface area contributed by atoms with Crippen LogP contribution in [0.1, 0.15) is 36.4 Å². The number of benzene rings is 3. The number of ether oxygens (including phenoxy) is 1. The Morgan fingerprint density at radius 2 is 1.65 bits per heavy atom. The van der Waals surface area contributed by atoms with E-state index in [4.69, 9.17) is 9.84 Å². The van der Waals surface area contributed by atoms with Crippen LogP contribution in [0.2, 0.25) is 0 Å². The number of amides is 3. The number of hydrazone groups is 1. The maximum Gasteiger partial charge on any atom is 0.264 e. The minimum absolute atomic E-state index is 0.0405. The number of anilines is 1. The summed E-state index contributed by atoms with van der Waals surface area (Å²) in [4.78, 5) is 42.0. The molecule has 216 valence electrons. The molecule has 1 aliphatic carbocycles. The fourth-order valence-corrected chi connectivity index (χ4v) is 6.56. The zero-order chi connectivity index (χ0) is 29.5. The van der Waals surface area contributed by atoms with Crippen molar-refractivity contribution in [3.63, 3.8) is 0 Å². The maximum atomic E-state index is 14.0. The number of carbonyl (C=O) groups excluding carboxylic acids is 3. The first-order valence-electron chi connectivity index (χ1n) is 14.4. The molecule has 0 radical (unpaired) electrons. The second kappa shape index (κ2) is 10.9. The number of hydrogen-bond acceptors (Lipinski definition) is 8. The summed E-state index contributed by atoms with van der Waals surface area (Å²) in [6.07, 6.45) is 4.94. The van der Waals surface area contributed by atoms with Crippen LogP contribution in [0, 0.1) is 5.92 Å². The third kappa shape index (κ3) is 4.59. The highest BCUT2D eigenvalue weighted by molar-refractivity contribution is 6.26. The van der Waals surface area contributed by atoms with Gasteiger partial charge in [-0.2, -0.15) is 10.2 Å². The van der Waals surface area contributed by atoms with E-state index in [-0.39, 0.29) is 24.4 Å². The van der Waals surface area contributed by atoms with Gasteiger partial charge in [-0.15, -0.1) is 0 Å². The Balaban J connectivity index is 1.18. The molecule has 3 aromatic carbocycles. The van der Waals surface area contributed by atoms with Crippen LogP contribution >= 0.6 is 0 Å². The molecule has 10 heteroatoms. The number of fused-ring (bicyclic) bond motifs is 2. The van der Waals surface area contributed by atoms with Gasteiger partial charge in [-0.05, 0) is 54.2 Å². The normalized spacial score (nSPS) is 25.3. The molecule has 0 bridgehead atoms. The molecule has 1 saturated carbocycles. The highest BCUT2D eigenvalue weighted by Crippen LogP contribution is 2.45. The average Bonchev–Trinajstić information content (AvgIpc) is 3.71. The van der Waals surface area contributed by atoms with E-state index in [0.717, 1.165) is 46.6 Å². The first kappa shape index (κ1) is 26.8. The Kier molecular flexibility index (Phi) is 6.81. The highest BCUT2D eigenvalue weighted by atomic mass is 16.5. The van der Waals surface area contributed by atoms with Crippen molar-refractivity contribution in [2.75, 3.05) is 18.6 Å². The molecule has 4 atom stereocenters. The smallest absolute Gasteiger partial charge is 0.264 e. The molecule has 0 unspecified atom stereocenters. The van der Waals surface area contributed by atoms with Crippen molar-refractivity contribution in [1.29, 1.82) is 0 Å². The molecular weight excluding hydrogens is 544 g/mol. The number of imide groups is 1. The van der Waals surface area contributed by atoms with E-state index in [2.05, 4.69) is 28.5 Å². The lowest BCUT2D eigenvalue weighted by Crippen LogP contribution is -2.45. The molecule has 0 N–H and O–H groups in total. The van der Waals surface area contributed by atoms with Crippen LogP contribution < -0.4 is 9.64 Å². The Morgan fingerprint density at radius 3 is 2.42 bits per heavy atom. The topological polar surface area (TPSA) is 107 Å². The number of nitrogens with zero attached hydrogens (tertiary/aromatic N) is 6. The predicted octanol–water partition coefficient (Wildman–Crippen LogP) is 4.81. The van der Waals surface area contributed by atoms with E-state index < -0.39 is 23.9 Å². The molecule has 1 saturated heterocycles. The number of rotatable bonds is 6. The van der Waals surface area contributed by atoms with Crippen LogP contribution in [0.25, 0.3) is 6.08 Å². The maximum absolute atomic E-state index is 14.0. The summed E-state index contributed by atoms with van der Waals surface area (Å²) in [6.45, 7) is -0.242. The van der Waals surface area contributed by atoms with Crippen LogP contribution in [0.4, 0.5) is 5.69 Å². The lowest BCUT2D eigenvalue weighted by molar-refractivity contribution is -0.136. The van der Waals surface area contributed by atoms with Crippen molar-refractivity contribution in [1.82, 2.24) is 10.0 Å². The Hall–Kier alpha value is -5.12. The first-order valence-corrected chi connectivity index (χ1v) is 14.4. The van der Waals surface area contributed by atoms with Gasteiger partial charge in [0.2, 0.25) is 0 Å². The standard InChI is InChI=1S/C33H30N6O4/c1-43-26-18-9-8-17-25(26)38-32(41)29-31(33(38)42)37(36-34-29)20-27(40)39-30(22-13-6-3-7-14-22)24-16-10-15-23(28(24)35-39)19-21-11-4-2-5-12-21/h2-9,11-14,17-19,24,29-31H,10,15-16,20H2,1H3/b23-19+/t24-,29+,30-,31+/m0/s1. The number of carbonyl (C=O) groups is 3. The van der Waals surface area contributed by atoms with Gasteiger partial charge in [-0.3, -0.25) is 19.4 Å². The zero-order valence-corrected chi connectivity index (χ0v) is 23.6. The van der Waals surface area contributed by atoms with Crippen LogP contribution in [-0.2, 0) is 14.4 Å². The Morgan fingerprint density at radius 1 is 0.930 bits per heavy atom. The van der Waals surface area contributed by atoms with Gasteiger partial charge >= 0.3 is 0 Å². The summed E-state index contributed by atoms with van der Waals surface area (Å²) in [5, 5.41) is 16.1. The molecule has 0 aromatic heterocycles. The highest BCUT2D eigenvalue weighted by Gasteiger charge is 2.56. The van der Waals surface area contributed by atoms with Crippen molar-refractivity contribution >= 4 is 35.2 Å². The second-order valence-electron chi connectivity index (χ2n) is 11.0. The molecule has 3 heterocycles. The van der Waals surface area contributed by atoms with Gasteiger partial charge in [0, 0.05) is 5.92 Å². The van der Waals surface area contributed by atoms with Crippen LogP contribution in [0.3, 0.4) is 0 Å². The van der Waals surface area contributed by atoms with Crippen molar-refractivity contribution in [3.8, 4) is 5.75 Å². The van der Waals surface area contributed by atoms with E-state index in [1.54, 1.807) is 29.3 Å². The van der Waals surface area contributed by atoms with E-state index >= 15 is 0 Å². The SMILES string of the molecule is COc1ccccc1N1C(=O)[C@@H]2N=NN(CC(=O)N3N=C4/C(=C/c5ccccc5)CCC[C@@H]4[C@@H]3c3ccccc3)[C@H]2C1=O. The van der Waals surface area contributed by atoms with Gasteiger partial charge in [0.1, 0.15) is 12.3 Å². The first-order chi connectivity index (χ1) is 21.0. The third-order valence-electron chi connectivity index (χ3n) is 8.52. The molecule has 10 nitrogen and oxygen atoms in total. The number of methoxy groups -OCH3 is 1. The molecular formula is C33H30N6O4. The van der Waals surface area contributed by atoms with Crippen molar-refractivity contribution in [3.05, 3.63) is 102 Å². The molecule has 4 aliphatic rings. The molecule has 3 aliphatic heterocycles. The summed E-state index contributed by atoms with van der Waals surface area (Å²) in [6, 6.07) is 24.6. The average molecular weight is 575 g/mol. The van der Waals surface area contributed by atoms with Gasteiger partial charge < -0.3 is 4.74 Å². The molecule has 7 rings (SSSR count). The van der Waals surface area contributed by atoms with Crippen molar-refractivity contribution < 1.29 is 19.1 Å². The third-order valence-corrected chi connectivity index (χ3v) is 8.52. The lowest BCUT2D eigenvalue weighted by atomic mass is 9.77. The molecule has 3 aromatic rings. The summed E-state index contributed by atoms with van der Waals surface area (Å²) in [5.41, 5.74) is 4.48. The van der Waals surface area contributed by atoms with E-state index in [0.29, 0.717) is 11.4 Å². The van der Waals surface area contributed by atoms with Gasteiger partial charge in [0.05, 0.1) is 24.6 Å². The molecule has 2 fully saturated rings. The monoisotopic (exact) mass is 574 g/mol. The van der Waals surface area contributed by atoms with Crippen molar-refractivity contribution in [2.24, 2.45) is 21.4 Å². The van der Waals surface area contributed by atoms with Gasteiger partial charge in [0.25, 0.3) is 17.7 Å². The van der Waals surface area contributed by atoms with Gasteiger partial charge in [-0.1, -0.05) is 78.0 Å². The van der Waals surface area contributed by atoms with Crippen LogP contribution in [0.15, 0.2) is 106 Å². The molecule has 0 spiro atoms. The summed E-state index contributed by atoms with van der Waals surface area (Å²) >= 11 is 0. The second-order valence-corrected chi connectivity index (χ2v) is 11.0. The fraction of sp³-hybridized carbons (Fsp3) is 0.273. The molecule has 3 amide bonds. The molecule has 43 heavy (non-hydrogen) atoms. The van der Waals surface area contributed by atoms with Gasteiger partial charge in [-0.25, -0.2) is 9.91 Å². The lowest BCUT2D eigenvalue weighted by Gasteiger charge is -2.30. The largest absolute Gasteiger partial charge is 0.495 e. The zero-order valence-electron chi connectivity index (χ0n) is 23.6. The number of hydrogen-bond donors (Lipinski definition) is 0. The predicted molar refractivity (Wildman–Crippen MR) is 160 cm³/mol. The Labute approximate surface area is 248 Å². The quantitative estimate of drug-likeness (QED) is 0.393. The van der Waals surface area contributed by atoms with E-state index in [1.165, 1.54) is 12.1 Å². The van der Waals surface area contributed by atoms with Crippen molar-refractivity contribution in [2.45, 2.75) is 37.4 Å². The van der Waals surface area contributed by atoms with Crippen LogP contribution in [0.5, 0.6) is 5.75 Å². The fourth-order valence-electron chi connectivity index (χ4n) is 6.56. The summed E-state index contributed by atoms with van der Waals surface area (Å²) < 4.78 is 5.39. The Bertz CT molecular complexity index is 1670. The minimum Gasteiger partial charge on any atom is -0.495 e. The summed E-state index contributed by atoms with van der Waals surface area (Å²) in [5.74, 6) is -0.872. The number of para-hydroxylation sites is 2. The minimum atomic E-state index is -1.02. The van der Waals surface area contributed by atoms with E-state index in [9.17, 15) is 14.4 Å². The van der Waals surface area contributed by atoms with Crippen LogP contribution in [-0.4, -0.2) is 59.2 Å². The number of allylic oxidation sites excluding steroid dienone is 1. The summed E-state index contributed by atoms with van der Waals surface area (Å²) in [7, 11) is 1.48.